The first kappa shape index (κ1) is 38.1. The van der Waals surface area contributed by atoms with E-state index in [0.29, 0.717) is 23.5 Å². The lowest BCUT2D eigenvalue weighted by Crippen LogP contribution is -2.31. The van der Waals surface area contributed by atoms with Crippen molar-refractivity contribution in [2.75, 3.05) is 0 Å². The van der Waals surface area contributed by atoms with Crippen molar-refractivity contribution >= 4 is 43.6 Å². The van der Waals surface area contributed by atoms with Gasteiger partial charge in [-0.2, -0.15) is 9.97 Å². The van der Waals surface area contributed by atoms with Gasteiger partial charge in [0.1, 0.15) is 0 Å². The van der Waals surface area contributed by atoms with E-state index in [9.17, 15) is 0 Å². The van der Waals surface area contributed by atoms with Crippen molar-refractivity contribution in [2.24, 2.45) is 5.92 Å². The summed E-state index contributed by atoms with van der Waals surface area (Å²) in [5.41, 5.74) is 15.3. The van der Waals surface area contributed by atoms with Crippen LogP contribution in [0.15, 0.2) is 188 Å². The van der Waals surface area contributed by atoms with Crippen LogP contribution in [-0.2, 0) is 10.8 Å². The van der Waals surface area contributed by atoms with Crippen LogP contribution in [0.5, 0.6) is 0 Å². The van der Waals surface area contributed by atoms with Gasteiger partial charge in [0.05, 0.1) is 27.8 Å². The fraction of sp³-hybridized carbons (Fsp3) is 0.136. The fourth-order valence-electron chi connectivity index (χ4n) is 11.0. The Morgan fingerprint density at radius 1 is 0.391 bits per heavy atom. The second-order valence-corrected chi connectivity index (χ2v) is 18.6. The van der Waals surface area contributed by atoms with Gasteiger partial charge in [-0.25, -0.2) is 4.98 Å². The van der Waals surface area contributed by atoms with Crippen LogP contribution in [0.1, 0.15) is 45.7 Å². The molecule has 12 rings (SSSR count). The van der Waals surface area contributed by atoms with Crippen LogP contribution in [0.3, 0.4) is 0 Å². The van der Waals surface area contributed by atoms with Gasteiger partial charge >= 0.3 is 0 Å². The molecule has 0 radical (unpaired) electrons. The van der Waals surface area contributed by atoms with Gasteiger partial charge in [-0.1, -0.05) is 192 Å². The maximum Gasteiger partial charge on any atom is 0.238 e. The molecule has 1 aliphatic carbocycles. The average molecular weight is 826 g/mol. The molecule has 0 amide bonds. The highest BCUT2D eigenvalue weighted by molar-refractivity contribution is 6.29. The Labute approximate surface area is 373 Å². The van der Waals surface area contributed by atoms with Gasteiger partial charge in [0, 0.05) is 38.2 Å². The van der Waals surface area contributed by atoms with E-state index in [1.165, 1.54) is 55.2 Å². The van der Waals surface area contributed by atoms with Crippen molar-refractivity contribution < 1.29 is 0 Å². The lowest BCUT2D eigenvalue weighted by molar-refractivity contribution is 0.264. The number of rotatable bonds is 6. The van der Waals surface area contributed by atoms with Crippen molar-refractivity contribution in [3.8, 4) is 56.7 Å². The van der Waals surface area contributed by atoms with Gasteiger partial charge in [-0.15, -0.1) is 0 Å². The van der Waals surface area contributed by atoms with Crippen molar-refractivity contribution in [1.82, 2.24) is 24.1 Å². The van der Waals surface area contributed by atoms with E-state index in [4.69, 9.17) is 15.0 Å². The van der Waals surface area contributed by atoms with Crippen molar-refractivity contribution in [3.63, 3.8) is 0 Å². The molecule has 1 aliphatic rings. The number of para-hydroxylation sites is 3. The summed E-state index contributed by atoms with van der Waals surface area (Å²) in [6, 6.07) is 67.3. The van der Waals surface area contributed by atoms with Gasteiger partial charge in [0.15, 0.2) is 11.6 Å². The number of hydrogen-bond acceptors (Lipinski definition) is 3. The summed E-state index contributed by atoms with van der Waals surface area (Å²) in [5.74, 6) is 2.30. The first-order chi connectivity index (χ1) is 31.2. The molecule has 0 spiro atoms. The van der Waals surface area contributed by atoms with Crippen LogP contribution < -0.4 is 0 Å². The Bertz CT molecular complexity index is 3610. The molecule has 3 aromatic heterocycles. The molecule has 0 N–H and O–H groups in total. The maximum atomic E-state index is 5.31. The van der Waals surface area contributed by atoms with Crippen LogP contribution in [0.25, 0.3) is 100 Å². The first-order valence-electron chi connectivity index (χ1n) is 22.4. The third-order valence-corrected chi connectivity index (χ3v) is 14.6. The summed E-state index contributed by atoms with van der Waals surface area (Å²) in [5, 5.41) is 4.73. The minimum Gasteiger partial charge on any atom is -0.309 e. The molecule has 5 nitrogen and oxygen atoms in total. The van der Waals surface area contributed by atoms with Gasteiger partial charge in [-0.3, -0.25) is 4.57 Å². The molecule has 0 fully saturated rings. The largest absolute Gasteiger partial charge is 0.309 e. The SMILES string of the molecule is CC1C(C)(C)c2cccc(-c3ccccc3-n3c4ccccc4c4c5c6ccccc6n(-c6nc(-c7ccccc7)nc(-c7ccc(-c8ccccc8)cc7)n6)c5ccc43)c2C1(C)C. The summed E-state index contributed by atoms with van der Waals surface area (Å²) < 4.78 is 4.73. The van der Waals surface area contributed by atoms with Crippen LogP contribution in [0, 0.1) is 5.92 Å². The number of fused-ring (bicyclic) bond motifs is 8. The summed E-state index contributed by atoms with van der Waals surface area (Å²) in [6.07, 6.45) is 0. The molecule has 0 aliphatic heterocycles. The molecule has 11 aromatic rings. The van der Waals surface area contributed by atoms with Gasteiger partial charge < -0.3 is 4.57 Å². The predicted molar refractivity (Wildman–Crippen MR) is 265 cm³/mol. The van der Waals surface area contributed by atoms with E-state index < -0.39 is 0 Å². The Kier molecular flexibility index (Phi) is 8.45. The summed E-state index contributed by atoms with van der Waals surface area (Å²) in [7, 11) is 0. The normalized spacial score (nSPS) is 15.4. The molecule has 0 saturated carbocycles. The van der Waals surface area contributed by atoms with Crippen LogP contribution in [0.4, 0.5) is 0 Å². The van der Waals surface area contributed by atoms with Gasteiger partial charge in [-0.05, 0) is 74.9 Å². The predicted octanol–water partition coefficient (Wildman–Crippen LogP) is 14.9. The van der Waals surface area contributed by atoms with Crippen LogP contribution in [0.2, 0.25) is 0 Å². The molecule has 0 saturated heterocycles. The van der Waals surface area contributed by atoms with Crippen molar-refractivity contribution in [2.45, 2.75) is 45.4 Å². The molecule has 308 valence electrons. The zero-order chi connectivity index (χ0) is 43.3. The molecule has 5 heteroatoms. The second kappa shape index (κ2) is 14.2. The highest BCUT2D eigenvalue weighted by Crippen LogP contribution is 2.57. The molecular weight excluding hydrogens is 779 g/mol. The quantitative estimate of drug-likeness (QED) is 0.168. The Hall–Kier alpha value is -7.63. The molecule has 64 heavy (non-hydrogen) atoms. The summed E-state index contributed by atoms with van der Waals surface area (Å²) >= 11 is 0. The third kappa shape index (κ3) is 5.60. The lowest BCUT2D eigenvalue weighted by Gasteiger charge is -2.33. The monoisotopic (exact) mass is 825 g/mol. The highest BCUT2D eigenvalue weighted by Gasteiger charge is 2.49. The van der Waals surface area contributed by atoms with E-state index in [-0.39, 0.29) is 10.8 Å². The highest BCUT2D eigenvalue weighted by atomic mass is 15.2. The Morgan fingerprint density at radius 2 is 0.875 bits per heavy atom. The van der Waals surface area contributed by atoms with Crippen LogP contribution in [-0.4, -0.2) is 24.1 Å². The summed E-state index contributed by atoms with van der Waals surface area (Å²) in [6.45, 7) is 12.1. The Balaban J connectivity index is 1.11. The fourth-order valence-corrected chi connectivity index (χ4v) is 11.0. The molecule has 0 bridgehead atoms. The molecule has 8 aromatic carbocycles. The smallest absolute Gasteiger partial charge is 0.238 e. The van der Waals surface area contributed by atoms with Crippen molar-refractivity contribution in [1.29, 1.82) is 0 Å². The first-order valence-corrected chi connectivity index (χ1v) is 22.4. The van der Waals surface area contributed by atoms with Crippen LogP contribution >= 0.6 is 0 Å². The third-order valence-electron chi connectivity index (χ3n) is 14.6. The van der Waals surface area contributed by atoms with E-state index in [2.05, 4.69) is 208 Å². The number of aromatic nitrogens is 5. The zero-order valence-electron chi connectivity index (χ0n) is 36.7. The van der Waals surface area contributed by atoms with E-state index in [1.54, 1.807) is 0 Å². The molecule has 3 heterocycles. The lowest BCUT2D eigenvalue weighted by atomic mass is 9.71. The van der Waals surface area contributed by atoms with Gasteiger partial charge in [0.2, 0.25) is 5.95 Å². The number of benzene rings is 8. The molecular formula is C59H47N5. The minimum atomic E-state index is -0.00175. The summed E-state index contributed by atoms with van der Waals surface area (Å²) in [4.78, 5) is 15.7. The number of hydrogen-bond donors (Lipinski definition) is 0. The Morgan fingerprint density at radius 3 is 1.53 bits per heavy atom. The van der Waals surface area contributed by atoms with E-state index >= 15 is 0 Å². The van der Waals surface area contributed by atoms with E-state index in [0.717, 1.165) is 38.6 Å². The average Bonchev–Trinajstić information content (AvgIpc) is 3.91. The van der Waals surface area contributed by atoms with Crippen molar-refractivity contribution in [3.05, 3.63) is 199 Å². The van der Waals surface area contributed by atoms with Gasteiger partial charge in [0.25, 0.3) is 0 Å². The van der Waals surface area contributed by atoms with E-state index in [1.807, 2.05) is 24.3 Å². The molecule has 1 atom stereocenters. The number of nitrogens with zero attached hydrogens (tertiary/aromatic N) is 5. The maximum absolute atomic E-state index is 5.31. The topological polar surface area (TPSA) is 48.5 Å². The zero-order valence-corrected chi connectivity index (χ0v) is 36.7. The molecule has 1 unspecified atom stereocenters. The standard InChI is InChI=1S/C59H47N5/c1-37-58(2,3)46-27-18-26-43(54(46)59(37,4)5)42-23-12-15-28-47(42)63-48-29-16-13-24-44(48)52-50(63)35-36-51-53(52)45-25-14-17-30-49(45)64(51)57-61-55(40-21-10-7-11-22-40)60-56(62-57)41-33-31-39(32-34-41)38-19-8-6-9-20-38/h6-37H,1-5H3. The minimum absolute atomic E-state index is 0.00175. The second-order valence-electron chi connectivity index (χ2n) is 18.6.